The first-order chi connectivity index (χ1) is 8.76. The molecule has 0 spiro atoms. The smallest absolute Gasteiger partial charge is 0.227 e. The van der Waals surface area contributed by atoms with E-state index in [1.54, 1.807) is 0 Å². The van der Waals surface area contributed by atoms with Crippen molar-refractivity contribution in [1.29, 1.82) is 0 Å². The largest absolute Gasteiger partial charge is 0.326 e. The zero-order valence-electron chi connectivity index (χ0n) is 11.3. The molecule has 0 aromatic heterocycles. The van der Waals surface area contributed by atoms with Crippen LogP contribution in [0.1, 0.15) is 37.8 Å². The number of rotatable bonds is 4. The van der Waals surface area contributed by atoms with Crippen LogP contribution in [0.2, 0.25) is 0 Å². The van der Waals surface area contributed by atoms with Gasteiger partial charge in [-0.1, -0.05) is 26.0 Å². The summed E-state index contributed by atoms with van der Waals surface area (Å²) in [4.78, 5) is 12.1. The third-order valence-corrected chi connectivity index (χ3v) is 3.76. The second kappa shape index (κ2) is 6.01. The van der Waals surface area contributed by atoms with E-state index >= 15 is 0 Å². The second-order valence-corrected chi connectivity index (χ2v) is 4.87. The van der Waals surface area contributed by atoms with Crippen molar-refractivity contribution in [3.05, 3.63) is 29.3 Å². The minimum Gasteiger partial charge on any atom is -0.326 e. The highest BCUT2D eigenvalue weighted by molar-refractivity contribution is 5.93. The van der Waals surface area contributed by atoms with Crippen LogP contribution in [0.5, 0.6) is 0 Å². The van der Waals surface area contributed by atoms with E-state index in [0.29, 0.717) is 0 Å². The SMILES string of the molecule is CCC(CC)C(=O)Nc1cccc2c1CNCC2. The number of hydrogen-bond acceptors (Lipinski definition) is 2. The molecule has 0 unspecified atom stereocenters. The number of anilines is 1. The Labute approximate surface area is 109 Å². The molecule has 2 rings (SSSR count). The van der Waals surface area contributed by atoms with Crippen LogP contribution in [0.25, 0.3) is 0 Å². The fourth-order valence-corrected chi connectivity index (χ4v) is 2.53. The normalized spacial score (nSPS) is 14.4. The number of carbonyl (C=O) groups excluding carboxylic acids is 1. The van der Waals surface area contributed by atoms with Gasteiger partial charge in [0.25, 0.3) is 0 Å². The number of fused-ring (bicyclic) bond motifs is 1. The molecule has 1 aliphatic rings. The molecule has 0 atom stereocenters. The van der Waals surface area contributed by atoms with E-state index in [1.807, 2.05) is 12.1 Å². The molecule has 1 aliphatic heterocycles. The number of amides is 1. The zero-order valence-corrected chi connectivity index (χ0v) is 11.3. The van der Waals surface area contributed by atoms with E-state index in [0.717, 1.165) is 38.0 Å². The standard InChI is InChI=1S/C15H22N2O/c1-3-11(4-2)15(18)17-14-7-5-6-12-8-9-16-10-13(12)14/h5-7,11,16H,3-4,8-10H2,1-2H3,(H,17,18). The van der Waals surface area contributed by atoms with E-state index in [9.17, 15) is 4.79 Å². The van der Waals surface area contributed by atoms with E-state index in [1.165, 1.54) is 11.1 Å². The van der Waals surface area contributed by atoms with Gasteiger partial charge < -0.3 is 10.6 Å². The summed E-state index contributed by atoms with van der Waals surface area (Å²) < 4.78 is 0. The lowest BCUT2D eigenvalue weighted by molar-refractivity contribution is -0.120. The van der Waals surface area contributed by atoms with Crippen molar-refractivity contribution in [2.75, 3.05) is 11.9 Å². The lowest BCUT2D eigenvalue weighted by atomic mass is 9.98. The number of hydrogen-bond donors (Lipinski definition) is 2. The van der Waals surface area contributed by atoms with Crippen LogP contribution in [0.3, 0.4) is 0 Å². The number of nitrogens with one attached hydrogen (secondary N) is 2. The van der Waals surface area contributed by atoms with Gasteiger partial charge in [-0.2, -0.15) is 0 Å². The first-order valence-corrected chi connectivity index (χ1v) is 6.88. The van der Waals surface area contributed by atoms with Gasteiger partial charge in [-0.3, -0.25) is 4.79 Å². The average molecular weight is 246 g/mol. The van der Waals surface area contributed by atoms with E-state index in [-0.39, 0.29) is 11.8 Å². The predicted molar refractivity (Wildman–Crippen MR) is 74.6 cm³/mol. The van der Waals surface area contributed by atoms with Crippen LogP contribution < -0.4 is 10.6 Å². The molecule has 3 heteroatoms. The van der Waals surface area contributed by atoms with E-state index in [4.69, 9.17) is 0 Å². The fraction of sp³-hybridized carbons (Fsp3) is 0.533. The average Bonchev–Trinajstić information content (AvgIpc) is 2.40. The molecule has 1 aromatic rings. The molecule has 0 saturated carbocycles. The molecule has 98 valence electrons. The number of benzene rings is 1. The van der Waals surface area contributed by atoms with E-state index < -0.39 is 0 Å². The zero-order chi connectivity index (χ0) is 13.0. The summed E-state index contributed by atoms with van der Waals surface area (Å²) in [5.41, 5.74) is 3.59. The maximum Gasteiger partial charge on any atom is 0.227 e. The van der Waals surface area contributed by atoms with Gasteiger partial charge in [-0.15, -0.1) is 0 Å². The molecule has 0 aliphatic carbocycles. The van der Waals surface area contributed by atoms with Crippen LogP contribution in [0.15, 0.2) is 18.2 Å². The Morgan fingerprint density at radius 1 is 1.39 bits per heavy atom. The molecular weight excluding hydrogens is 224 g/mol. The first-order valence-electron chi connectivity index (χ1n) is 6.88. The van der Waals surface area contributed by atoms with Gasteiger partial charge >= 0.3 is 0 Å². The van der Waals surface area contributed by atoms with Crippen LogP contribution >= 0.6 is 0 Å². The fourth-order valence-electron chi connectivity index (χ4n) is 2.53. The molecule has 0 bridgehead atoms. The summed E-state index contributed by atoms with van der Waals surface area (Å²) in [5, 5.41) is 6.45. The molecule has 0 radical (unpaired) electrons. The van der Waals surface area contributed by atoms with Crippen LogP contribution in [-0.4, -0.2) is 12.5 Å². The molecule has 3 nitrogen and oxygen atoms in total. The first kappa shape index (κ1) is 13.1. The Hall–Kier alpha value is -1.35. The van der Waals surface area contributed by atoms with Crippen molar-refractivity contribution in [3.63, 3.8) is 0 Å². The van der Waals surface area contributed by atoms with Gasteiger partial charge in [0.05, 0.1) is 0 Å². The quantitative estimate of drug-likeness (QED) is 0.857. The molecule has 0 saturated heterocycles. The third-order valence-electron chi connectivity index (χ3n) is 3.76. The molecular formula is C15H22N2O. The topological polar surface area (TPSA) is 41.1 Å². The summed E-state index contributed by atoms with van der Waals surface area (Å²) in [6, 6.07) is 6.20. The lowest BCUT2D eigenvalue weighted by Crippen LogP contribution is -2.27. The maximum absolute atomic E-state index is 12.1. The number of carbonyl (C=O) groups is 1. The summed E-state index contributed by atoms with van der Waals surface area (Å²) in [6.07, 6.45) is 2.84. The van der Waals surface area contributed by atoms with Crippen molar-refractivity contribution in [3.8, 4) is 0 Å². The molecule has 1 amide bonds. The Morgan fingerprint density at radius 2 is 2.17 bits per heavy atom. The Kier molecular flexibility index (Phi) is 4.37. The summed E-state index contributed by atoms with van der Waals surface area (Å²) in [6.45, 7) is 6.01. The molecule has 18 heavy (non-hydrogen) atoms. The maximum atomic E-state index is 12.1. The highest BCUT2D eigenvalue weighted by atomic mass is 16.1. The van der Waals surface area contributed by atoms with Gasteiger partial charge in [-0.25, -0.2) is 0 Å². The van der Waals surface area contributed by atoms with Crippen molar-refractivity contribution in [1.82, 2.24) is 5.32 Å². The summed E-state index contributed by atoms with van der Waals surface area (Å²) in [5.74, 6) is 0.274. The van der Waals surface area contributed by atoms with E-state index in [2.05, 4.69) is 30.5 Å². The van der Waals surface area contributed by atoms with Crippen molar-refractivity contribution in [2.24, 2.45) is 5.92 Å². The Bertz CT molecular complexity index is 425. The Balaban J connectivity index is 2.16. The molecule has 1 heterocycles. The molecule has 1 aromatic carbocycles. The van der Waals surface area contributed by atoms with Gasteiger partial charge in [-0.05, 0) is 43.0 Å². The summed E-state index contributed by atoms with van der Waals surface area (Å²) in [7, 11) is 0. The highest BCUT2D eigenvalue weighted by Crippen LogP contribution is 2.24. The minimum absolute atomic E-state index is 0.123. The predicted octanol–water partition coefficient (Wildman–Crippen LogP) is 2.71. The van der Waals surface area contributed by atoms with Gasteiger partial charge in [0, 0.05) is 18.2 Å². The minimum atomic E-state index is 0.123. The summed E-state index contributed by atoms with van der Waals surface area (Å²) >= 11 is 0. The third kappa shape index (κ3) is 2.72. The van der Waals surface area contributed by atoms with Crippen molar-refractivity contribution < 1.29 is 4.79 Å². The lowest BCUT2D eigenvalue weighted by Gasteiger charge is -2.21. The van der Waals surface area contributed by atoms with Crippen molar-refractivity contribution >= 4 is 11.6 Å². The van der Waals surface area contributed by atoms with Gasteiger partial charge in [0.1, 0.15) is 0 Å². The van der Waals surface area contributed by atoms with Crippen LogP contribution in [-0.2, 0) is 17.8 Å². The monoisotopic (exact) mass is 246 g/mol. The molecule has 0 fully saturated rings. The van der Waals surface area contributed by atoms with Crippen LogP contribution in [0, 0.1) is 5.92 Å². The van der Waals surface area contributed by atoms with Crippen molar-refractivity contribution in [2.45, 2.75) is 39.7 Å². The highest BCUT2D eigenvalue weighted by Gasteiger charge is 2.17. The van der Waals surface area contributed by atoms with Gasteiger partial charge in [0.2, 0.25) is 5.91 Å². The van der Waals surface area contributed by atoms with Gasteiger partial charge in [0.15, 0.2) is 0 Å². The van der Waals surface area contributed by atoms with Crippen LogP contribution in [0.4, 0.5) is 5.69 Å². The Morgan fingerprint density at radius 3 is 2.89 bits per heavy atom. The molecule has 2 N–H and O–H groups in total. The second-order valence-electron chi connectivity index (χ2n) is 4.87.